The molecule has 1 saturated carbocycles. The summed E-state index contributed by atoms with van der Waals surface area (Å²) in [6, 6.07) is 4.00. The molecule has 1 fully saturated rings. The van der Waals surface area contributed by atoms with Crippen LogP contribution in [-0.4, -0.2) is 51.2 Å². The first-order valence-electron chi connectivity index (χ1n) is 6.42. The predicted octanol–water partition coefficient (Wildman–Crippen LogP) is 0.655. The van der Waals surface area contributed by atoms with Crippen molar-refractivity contribution in [3.8, 4) is 0 Å². The van der Waals surface area contributed by atoms with Gasteiger partial charge in [0.15, 0.2) is 0 Å². The standard InChI is InChI=1S/C12H20N2O3S2/c1-14(10-2-3-10)8-7-13-19(16,17)12-5-4-11(18-12)6-9-15/h4-5,10,13,15H,2-3,6-9H2,1H3. The second-order valence-electron chi connectivity index (χ2n) is 4.80. The van der Waals surface area contributed by atoms with Crippen LogP contribution < -0.4 is 4.72 Å². The fraction of sp³-hybridized carbons (Fsp3) is 0.667. The molecule has 1 aliphatic carbocycles. The quantitative estimate of drug-likeness (QED) is 0.740. The highest BCUT2D eigenvalue weighted by Gasteiger charge is 2.26. The van der Waals surface area contributed by atoms with Crippen LogP contribution in [0.15, 0.2) is 16.3 Å². The zero-order valence-corrected chi connectivity index (χ0v) is 12.6. The highest BCUT2D eigenvalue weighted by molar-refractivity contribution is 7.91. The summed E-state index contributed by atoms with van der Waals surface area (Å²) >= 11 is 1.22. The van der Waals surface area contributed by atoms with E-state index in [1.54, 1.807) is 12.1 Å². The van der Waals surface area contributed by atoms with E-state index in [4.69, 9.17) is 5.11 Å². The molecule has 0 bridgehead atoms. The van der Waals surface area contributed by atoms with Gasteiger partial charge >= 0.3 is 0 Å². The van der Waals surface area contributed by atoms with Gasteiger partial charge in [-0.1, -0.05) is 0 Å². The molecule has 19 heavy (non-hydrogen) atoms. The summed E-state index contributed by atoms with van der Waals surface area (Å²) < 4.78 is 27.0. The Hall–Kier alpha value is -0.470. The second-order valence-corrected chi connectivity index (χ2v) is 7.97. The molecule has 2 N–H and O–H groups in total. The average molecular weight is 304 g/mol. The summed E-state index contributed by atoms with van der Waals surface area (Å²) in [4.78, 5) is 3.08. The van der Waals surface area contributed by atoms with Crippen molar-refractivity contribution in [1.82, 2.24) is 9.62 Å². The molecule has 0 radical (unpaired) electrons. The molecule has 108 valence electrons. The molecule has 0 spiro atoms. The van der Waals surface area contributed by atoms with Gasteiger partial charge in [-0.3, -0.25) is 0 Å². The van der Waals surface area contributed by atoms with E-state index in [9.17, 15) is 8.42 Å². The zero-order chi connectivity index (χ0) is 13.9. The first kappa shape index (κ1) is 14.9. The van der Waals surface area contributed by atoms with Crippen LogP contribution in [-0.2, 0) is 16.4 Å². The summed E-state index contributed by atoms with van der Waals surface area (Å²) in [6.45, 7) is 1.21. The maximum atomic E-state index is 12.0. The molecule has 1 aromatic heterocycles. The number of nitrogens with zero attached hydrogens (tertiary/aromatic N) is 1. The molecule has 0 aromatic carbocycles. The van der Waals surface area contributed by atoms with E-state index >= 15 is 0 Å². The summed E-state index contributed by atoms with van der Waals surface area (Å²) in [5, 5.41) is 8.83. The van der Waals surface area contributed by atoms with Crippen LogP contribution in [0.1, 0.15) is 17.7 Å². The number of thiophene rings is 1. The molecule has 7 heteroatoms. The highest BCUT2D eigenvalue weighted by Crippen LogP contribution is 2.25. The van der Waals surface area contributed by atoms with E-state index in [0.717, 1.165) is 11.4 Å². The molecule has 1 aliphatic rings. The Balaban J connectivity index is 1.85. The largest absolute Gasteiger partial charge is 0.396 e. The fourth-order valence-electron chi connectivity index (χ4n) is 1.87. The Labute approximate surface area is 118 Å². The number of nitrogens with one attached hydrogen (secondary N) is 1. The van der Waals surface area contributed by atoms with Crippen LogP contribution in [0.5, 0.6) is 0 Å². The smallest absolute Gasteiger partial charge is 0.250 e. The van der Waals surface area contributed by atoms with E-state index in [0.29, 0.717) is 23.2 Å². The van der Waals surface area contributed by atoms with E-state index in [2.05, 4.69) is 9.62 Å². The highest BCUT2D eigenvalue weighted by atomic mass is 32.2. The molecule has 1 heterocycles. The van der Waals surface area contributed by atoms with Crippen molar-refractivity contribution in [3.63, 3.8) is 0 Å². The van der Waals surface area contributed by atoms with Crippen LogP contribution in [0.4, 0.5) is 0 Å². The van der Waals surface area contributed by atoms with E-state index in [1.165, 1.54) is 24.2 Å². The Bertz CT molecular complexity index is 509. The third kappa shape index (κ3) is 4.25. The van der Waals surface area contributed by atoms with E-state index < -0.39 is 10.0 Å². The number of likely N-dealkylation sites (N-methyl/N-ethyl adjacent to an activating group) is 1. The number of sulfonamides is 1. The normalized spacial score (nSPS) is 16.2. The van der Waals surface area contributed by atoms with E-state index in [-0.39, 0.29) is 6.61 Å². The summed E-state index contributed by atoms with van der Waals surface area (Å²) in [6.07, 6.45) is 2.95. The summed E-state index contributed by atoms with van der Waals surface area (Å²) in [5.74, 6) is 0. The average Bonchev–Trinajstić information content (AvgIpc) is 3.09. The second kappa shape index (κ2) is 6.32. The van der Waals surface area contributed by atoms with Crippen molar-refractivity contribution in [2.75, 3.05) is 26.7 Å². The Kier molecular flexibility index (Phi) is 4.97. The lowest BCUT2D eigenvalue weighted by molar-refractivity contribution is 0.300. The van der Waals surface area contributed by atoms with Gasteiger partial charge in [0.05, 0.1) is 0 Å². The SMILES string of the molecule is CN(CCNS(=O)(=O)c1ccc(CCO)s1)C1CC1. The third-order valence-corrected chi connectivity index (χ3v) is 6.28. The topological polar surface area (TPSA) is 69.6 Å². The van der Waals surface area contributed by atoms with Gasteiger partial charge in [0.1, 0.15) is 4.21 Å². The predicted molar refractivity (Wildman–Crippen MR) is 75.9 cm³/mol. The minimum absolute atomic E-state index is 0.0413. The number of aliphatic hydroxyl groups is 1. The van der Waals surface area contributed by atoms with E-state index in [1.807, 2.05) is 7.05 Å². The van der Waals surface area contributed by atoms with Crippen molar-refractivity contribution in [1.29, 1.82) is 0 Å². The van der Waals surface area contributed by atoms with Crippen molar-refractivity contribution < 1.29 is 13.5 Å². The van der Waals surface area contributed by atoms with Gasteiger partial charge in [0, 0.05) is 37.0 Å². The van der Waals surface area contributed by atoms with Gasteiger partial charge in [0.2, 0.25) is 10.0 Å². The number of rotatable bonds is 8. The number of hydrogen-bond acceptors (Lipinski definition) is 5. The molecular formula is C12H20N2O3S2. The zero-order valence-electron chi connectivity index (χ0n) is 11.0. The van der Waals surface area contributed by atoms with Crippen molar-refractivity contribution in [2.24, 2.45) is 0 Å². The number of hydrogen-bond donors (Lipinski definition) is 2. The number of aliphatic hydroxyl groups excluding tert-OH is 1. The Morgan fingerprint density at radius 2 is 2.21 bits per heavy atom. The monoisotopic (exact) mass is 304 g/mol. The third-order valence-electron chi connectivity index (χ3n) is 3.19. The maximum Gasteiger partial charge on any atom is 0.250 e. The minimum Gasteiger partial charge on any atom is -0.396 e. The van der Waals surface area contributed by atoms with Crippen molar-refractivity contribution in [3.05, 3.63) is 17.0 Å². The van der Waals surface area contributed by atoms with Gasteiger partial charge in [-0.15, -0.1) is 11.3 Å². The van der Waals surface area contributed by atoms with Crippen molar-refractivity contribution in [2.45, 2.75) is 29.5 Å². The van der Waals surface area contributed by atoms with Crippen LogP contribution >= 0.6 is 11.3 Å². The maximum absolute atomic E-state index is 12.0. The minimum atomic E-state index is -3.40. The van der Waals surface area contributed by atoms with Crippen LogP contribution in [0.25, 0.3) is 0 Å². The van der Waals surface area contributed by atoms with Gasteiger partial charge < -0.3 is 10.0 Å². The molecule has 0 saturated heterocycles. The molecule has 0 atom stereocenters. The first-order chi connectivity index (χ1) is 9.03. The molecule has 0 amide bonds. The lowest BCUT2D eigenvalue weighted by Gasteiger charge is -2.15. The Morgan fingerprint density at radius 3 is 2.84 bits per heavy atom. The van der Waals surface area contributed by atoms with Crippen LogP contribution in [0.3, 0.4) is 0 Å². The molecule has 5 nitrogen and oxygen atoms in total. The fourth-order valence-corrected chi connectivity index (χ4v) is 4.28. The summed E-state index contributed by atoms with van der Waals surface area (Å²) in [5.41, 5.74) is 0. The Morgan fingerprint density at radius 1 is 1.47 bits per heavy atom. The molecular weight excluding hydrogens is 284 g/mol. The lowest BCUT2D eigenvalue weighted by atomic mass is 10.4. The van der Waals surface area contributed by atoms with Gasteiger partial charge in [-0.2, -0.15) is 0 Å². The first-order valence-corrected chi connectivity index (χ1v) is 8.72. The molecule has 1 aromatic rings. The summed E-state index contributed by atoms with van der Waals surface area (Å²) in [7, 11) is -1.37. The lowest BCUT2D eigenvalue weighted by Crippen LogP contribution is -2.33. The van der Waals surface area contributed by atoms with Crippen LogP contribution in [0, 0.1) is 0 Å². The van der Waals surface area contributed by atoms with Gasteiger partial charge in [0.25, 0.3) is 0 Å². The van der Waals surface area contributed by atoms with Crippen molar-refractivity contribution >= 4 is 21.4 Å². The van der Waals surface area contributed by atoms with Crippen LogP contribution in [0.2, 0.25) is 0 Å². The molecule has 2 rings (SSSR count). The molecule has 0 unspecified atom stereocenters. The van der Waals surface area contributed by atoms with Gasteiger partial charge in [-0.05, 0) is 32.0 Å². The molecule has 0 aliphatic heterocycles. The van der Waals surface area contributed by atoms with Gasteiger partial charge in [-0.25, -0.2) is 13.1 Å².